The Morgan fingerprint density at radius 3 is 2.90 bits per heavy atom. The van der Waals surface area contributed by atoms with E-state index in [-0.39, 0.29) is 23.8 Å². The molecule has 0 saturated heterocycles. The summed E-state index contributed by atoms with van der Waals surface area (Å²) in [5, 5.41) is 31.6. The van der Waals surface area contributed by atoms with Crippen molar-refractivity contribution in [2.45, 2.75) is 26.2 Å². The summed E-state index contributed by atoms with van der Waals surface area (Å²) in [5.74, 6) is 0.630. The number of aromatic nitrogens is 1. The Bertz CT molecular complexity index is 493. The van der Waals surface area contributed by atoms with Crippen molar-refractivity contribution in [3.63, 3.8) is 0 Å². The molecule has 0 bridgehead atoms. The Kier molecular flexibility index (Phi) is 6.40. The maximum Gasteiger partial charge on any atom is 0.289 e. The molecule has 1 atom stereocenters. The molecule has 108 valence electrons. The quantitative estimate of drug-likeness (QED) is 0.556. The van der Waals surface area contributed by atoms with Crippen LogP contribution in [0, 0.1) is 27.4 Å². The summed E-state index contributed by atoms with van der Waals surface area (Å²) in [4.78, 5) is 14.0. The van der Waals surface area contributed by atoms with E-state index in [4.69, 9.17) is 10.4 Å². The summed E-state index contributed by atoms with van der Waals surface area (Å²) in [5.41, 5.74) is -0.0500. The Labute approximate surface area is 117 Å². The van der Waals surface area contributed by atoms with Gasteiger partial charge >= 0.3 is 0 Å². The summed E-state index contributed by atoms with van der Waals surface area (Å²) < 4.78 is 0. The van der Waals surface area contributed by atoms with E-state index in [0.29, 0.717) is 18.8 Å². The third-order valence-corrected chi connectivity index (χ3v) is 3.00. The molecule has 1 rings (SSSR count). The molecule has 20 heavy (non-hydrogen) atoms. The summed E-state index contributed by atoms with van der Waals surface area (Å²) in [6.45, 7) is 2.76. The first-order chi connectivity index (χ1) is 9.62. The normalized spacial score (nSPS) is 11.7. The van der Waals surface area contributed by atoms with E-state index in [9.17, 15) is 10.1 Å². The van der Waals surface area contributed by atoms with Crippen LogP contribution >= 0.6 is 0 Å². The third-order valence-electron chi connectivity index (χ3n) is 3.00. The number of nitro groups is 1. The Morgan fingerprint density at radius 2 is 2.35 bits per heavy atom. The van der Waals surface area contributed by atoms with Gasteiger partial charge < -0.3 is 10.4 Å². The fraction of sp³-hybridized carbons (Fsp3) is 0.538. The maximum absolute atomic E-state index is 10.6. The monoisotopic (exact) mass is 278 g/mol. The molecule has 0 amide bonds. The molecule has 1 heterocycles. The number of rotatable bonds is 8. The van der Waals surface area contributed by atoms with Crippen molar-refractivity contribution >= 4 is 11.5 Å². The zero-order valence-electron chi connectivity index (χ0n) is 11.4. The number of nitrogens with zero attached hydrogens (tertiary/aromatic N) is 3. The molecule has 1 aromatic rings. The van der Waals surface area contributed by atoms with Crippen molar-refractivity contribution in [3.05, 3.63) is 27.9 Å². The first-order valence-corrected chi connectivity index (χ1v) is 6.51. The highest BCUT2D eigenvalue weighted by molar-refractivity contribution is 5.55. The van der Waals surface area contributed by atoms with Crippen LogP contribution in [0.2, 0.25) is 0 Å². The van der Waals surface area contributed by atoms with E-state index in [1.165, 1.54) is 6.07 Å². The van der Waals surface area contributed by atoms with Crippen LogP contribution in [0.5, 0.6) is 0 Å². The second-order valence-electron chi connectivity index (χ2n) is 4.51. The van der Waals surface area contributed by atoms with E-state index < -0.39 is 4.92 Å². The summed E-state index contributed by atoms with van der Waals surface area (Å²) in [6, 6.07) is 3.10. The van der Waals surface area contributed by atoms with Crippen LogP contribution in [0.4, 0.5) is 11.5 Å². The lowest BCUT2D eigenvalue weighted by atomic mass is 10.0. The number of anilines is 1. The van der Waals surface area contributed by atoms with Crippen LogP contribution in [0.25, 0.3) is 0 Å². The molecule has 0 spiro atoms. The molecule has 0 aliphatic carbocycles. The fourth-order valence-electron chi connectivity index (χ4n) is 1.96. The molecule has 0 aromatic carbocycles. The fourth-order valence-corrected chi connectivity index (χ4v) is 1.96. The average molecular weight is 278 g/mol. The highest BCUT2D eigenvalue weighted by atomic mass is 16.6. The van der Waals surface area contributed by atoms with Crippen molar-refractivity contribution in [2.24, 2.45) is 5.92 Å². The van der Waals surface area contributed by atoms with Gasteiger partial charge in [0.15, 0.2) is 0 Å². The average Bonchev–Trinajstić information content (AvgIpc) is 2.45. The van der Waals surface area contributed by atoms with E-state index >= 15 is 0 Å². The molecule has 1 unspecified atom stereocenters. The smallest absolute Gasteiger partial charge is 0.289 e. The minimum absolute atomic E-state index is 0.116. The van der Waals surface area contributed by atoms with Crippen molar-refractivity contribution in [1.82, 2.24) is 4.98 Å². The van der Waals surface area contributed by atoms with Crippen LogP contribution < -0.4 is 5.32 Å². The lowest BCUT2D eigenvalue weighted by Crippen LogP contribution is -2.17. The summed E-state index contributed by atoms with van der Waals surface area (Å²) >= 11 is 0. The van der Waals surface area contributed by atoms with Crippen LogP contribution in [0.3, 0.4) is 0 Å². The zero-order chi connectivity index (χ0) is 15.0. The highest BCUT2D eigenvalue weighted by Crippen LogP contribution is 2.19. The topological polar surface area (TPSA) is 112 Å². The molecule has 0 aliphatic rings. The Hall–Kier alpha value is -2.20. The van der Waals surface area contributed by atoms with Crippen molar-refractivity contribution in [2.75, 3.05) is 18.5 Å². The van der Waals surface area contributed by atoms with E-state index in [2.05, 4.69) is 17.2 Å². The van der Waals surface area contributed by atoms with Gasteiger partial charge in [-0.05, 0) is 18.8 Å². The van der Waals surface area contributed by atoms with Crippen LogP contribution in [0.1, 0.15) is 31.7 Å². The molecule has 7 nitrogen and oxygen atoms in total. The van der Waals surface area contributed by atoms with Gasteiger partial charge in [-0.25, -0.2) is 4.98 Å². The molecule has 1 aromatic heterocycles. The van der Waals surface area contributed by atoms with Crippen molar-refractivity contribution < 1.29 is 10.0 Å². The molecule has 0 aliphatic heterocycles. The van der Waals surface area contributed by atoms with Gasteiger partial charge in [0.2, 0.25) is 0 Å². The number of pyridine rings is 1. The predicted octanol–water partition coefficient (Wildman–Crippen LogP) is 2.07. The maximum atomic E-state index is 10.6. The first-order valence-electron chi connectivity index (χ1n) is 6.51. The van der Waals surface area contributed by atoms with Gasteiger partial charge in [-0.1, -0.05) is 13.3 Å². The summed E-state index contributed by atoms with van der Waals surface area (Å²) in [7, 11) is 0. The standard InChI is InChI=1S/C13H18N4O3/c1-2-3-10(4-5-18)8-15-13-11(7-14)6-12(9-16-13)17(19)20/h6,9-10,18H,2-5,8H2,1H3,(H,15,16). The van der Waals surface area contributed by atoms with Gasteiger partial charge in [0.05, 0.1) is 4.92 Å². The van der Waals surface area contributed by atoms with E-state index in [1.807, 2.05) is 6.07 Å². The van der Waals surface area contributed by atoms with Gasteiger partial charge in [0.25, 0.3) is 5.69 Å². The van der Waals surface area contributed by atoms with Gasteiger partial charge in [-0.15, -0.1) is 0 Å². The molecule has 0 saturated carbocycles. The number of aliphatic hydroxyl groups is 1. The van der Waals surface area contributed by atoms with Crippen molar-refractivity contribution in [3.8, 4) is 6.07 Å². The number of nitriles is 1. The van der Waals surface area contributed by atoms with E-state index in [0.717, 1.165) is 19.0 Å². The van der Waals surface area contributed by atoms with Gasteiger partial charge in [-0.2, -0.15) is 5.26 Å². The largest absolute Gasteiger partial charge is 0.396 e. The number of hydrogen-bond donors (Lipinski definition) is 2. The zero-order valence-corrected chi connectivity index (χ0v) is 11.4. The summed E-state index contributed by atoms with van der Waals surface area (Å²) in [6.07, 6.45) is 3.77. The highest BCUT2D eigenvalue weighted by Gasteiger charge is 2.13. The van der Waals surface area contributed by atoms with E-state index in [1.54, 1.807) is 0 Å². The lowest BCUT2D eigenvalue weighted by molar-refractivity contribution is -0.385. The van der Waals surface area contributed by atoms with Crippen LogP contribution in [-0.2, 0) is 0 Å². The molecule has 0 radical (unpaired) electrons. The van der Waals surface area contributed by atoms with Gasteiger partial charge in [0, 0.05) is 19.2 Å². The van der Waals surface area contributed by atoms with Crippen LogP contribution in [-0.4, -0.2) is 28.2 Å². The predicted molar refractivity (Wildman–Crippen MR) is 74.2 cm³/mol. The number of hydrogen-bond acceptors (Lipinski definition) is 6. The van der Waals surface area contributed by atoms with Gasteiger partial charge in [0.1, 0.15) is 23.6 Å². The second kappa shape index (κ2) is 8.07. The second-order valence-corrected chi connectivity index (χ2v) is 4.51. The SMILES string of the molecule is CCCC(CCO)CNc1ncc([N+](=O)[O-])cc1C#N. The number of aliphatic hydroxyl groups excluding tert-OH is 1. The van der Waals surface area contributed by atoms with Gasteiger partial charge in [-0.3, -0.25) is 10.1 Å². The molecular weight excluding hydrogens is 260 g/mol. The Morgan fingerprint density at radius 1 is 1.60 bits per heavy atom. The number of nitrogens with one attached hydrogen (secondary N) is 1. The minimum Gasteiger partial charge on any atom is -0.396 e. The van der Waals surface area contributed by atoms with Crippen molar-refractivity contribution in [1.29, 1.82) is 5.26 Å². The lowest BCUT2D eigenvalue weighted by Gasteiger charge is -2.16. The molecule has 0 fully saturated rings. The third kappa shape index (κ3) is 4.48. The first kappa shape index (κ1) is 15.9. The molecule has 7 heteroatoms. The molecular formula is C13H18N4O3. The molecule has 2 N–H and O–H groups in total. The minimum atomic E-state index is -0.580. The Balaban J connectivity index is 2.76. The van der Waals surface area contributed by atoms with Crippen LogP contribution in [0.15, 0.2) is 12.3 Å².